The molecule has 0 atom stereocenters. The van der Waals surface area contributed by atoms with Crippen molar-refractivity contribution in [3.63, 3.8) is 0 Å². The third-order valence-electron chi connectivity index (χ3n) is 2.86. The van der Waals surface area contributed by atoms with Crippen molar-refractivity contribution in [1.82, 2.24) is 10.2 Å². The molecule has 0 saturated carbocycles. The molecule has 6 nitrogen and oxygen atoms in total. The molecule has 1 saturated heterocycles. The third kappa shape index (κ3) is 2.85. The molecular weight excluding hydrogens is 296 g/mol. The van der Waals surface area contributed by atoms with Gasteiger partial charge >= 0.3 is 6.03 Å². The summed E-state index contributed by atoms with van der Waals surface area (Å²) in [4.78, 5) is 24.7. The number of methoxy groups -OCH3 is 1. The second-order valence-corrected chi connectivity index (χ2v) is 4.67. The van der Waals surface area contributed by atoms with Crippen molar-refractivity contribution in [3.05, 3.63) is 41.1 Å². The Bertz CT molecular complexity index is 655. The second kappa shape index (κ2) is 5.88. The fourth-order valence-corrected chi connectivity index (χ4v) is 2.10. The lowest BCUT2D eigenvalue weighted by Crippen LogP contribution is -2.30. The van der Waals surface area contributed by atoms with E-state index in [2.05, 4.69) is 11.9 Å². The molecule has 1 aliphatic rings. The van der Waals surface area contributed by atoms with Crippen molar-refractivity contribution in [3.8, 4) is 11.5 Å². The monoisotopic (exact) mass is 308 g/mol. The topological polar surface area (TPSA) is 78.9 Å². The van der Waals surface area contributed by atoms with Gasteiger partial charge in [-0.15, -0.1) is 6.58 Å². The summed E-state index contributed by atoms with van der Waals surface area (Å²) in [5.41, 5.74) is 0.310. The number of amides is 3. The van der Waals surface area contributed by atoms with Crippen LogP contribution in [-0.4, -0.2) is 35.6 Å². The van der Waals surface area contributed by atoms with E-state index in [1.807, 2.05) is 0 Å². The van der Waals surface area contributed by atoms with Gasteiger partial charge < -0.3 is 15.2 Å². The van der Waals surface area contributed by atoms with Crippen LogP contribution in [0.5, 0.6) is 11.5 Å². The van der Waals surface area contributed by atoms with Crippen LogP contribution in [0.3, 0.4) is 0 Å². The van der Waals surface area contributed by atoms with E-state index in [-0.39, 0.29) is 29.3 Å². The predicted molar refractivity (Wildman–Crippen MR) is 78.1 cm³/mol. The Labute approximate surface area is 126 Å². The van der Waals surface area contributed by atoms with Gasteiger partial charge in [0.1, 0.15) is 5.70 Å². The van der Waals surface area contributed by atoms with Crippen LogP contribution in [0, 0.1) is 0 Å². The molecule has 3 amide bonds. The highest BCUT2D eigenvalue weighted by Gasteiger charge is 2.32. The Balaban J connectivity index is 2.41. The second-order valence-electron chi connectivity index (χ2n) is 4.24. The van der Waals surface area contributed by atoms with Crippen molar-refractivity contribution in [2.75, 3.05) is 13.7 Å². The molecule has 7 heteroatoms. The maximum absolute atomic E-state index is 12.0. The third-order valence-corrected chi connectivity index (χ3v) is 3.08. The number of rotatable bonds is 4. The minimum atomic E-state index is -0.542. The summed E-state index contributed by atoms with van der Waals surface area (Å²) >= 11 is 5.91. The van der Waals surface area contributed by atoms with Gasteiger partial charge in [0.2, 0.25) is 0 Å². The van der Waals surface area contributed by atoms with Gasteiger partial charge in [0.25, 0.3) is 5.91 Å². The van der Waals surface area contributed by atoms with Crippen LogP contribution in [0.1, 0.15) is 5.56 Å². The van der Waals surface area contributed by atoms with Gasteiger partial charge in [-0.05, 0) is 12.1 Å². The number of phenols is 1. The highest BCUT2D eigenvalue weighted by Crippen LogP contribution is 2.34. The molecule has 1 heterocycles. The zero-order valence-corrected chi connectivity index (χ0v) is 12.0. The lowest BCUT2D eigenvalue weighted by Gasteiger charge is -2.08. The standard InChI is InChI=1S/C14H13ClN2O4/c1-3-4-17-13(19)10(16-14(17)20)6-8-5-9(15)7-11(21-2)12(8)18/h3,5-7,18H,1,4H2,2H3,(H,16,20)/b10-6+. The van der Waals surface area contributed by atoms with E-state index in [4.69, 9.17) is 16.3 Å². The molecule has 1 aromatic rings. The smallest absolute Gasteiger partial charge is 0.329 e. The first-order valence-electron chi connectivity index (χ1n) is 6.00. The van der Waals surface area contributed by atoms with Crippen LogP contribution < -0.4 is 10.1 Å². The first kappa shape index (κ1) is 14.9. The zero-order valence-electron chi connectivity index (χ0n) is 11.2. The summed E-state index contributed by atoms with van der Waals surface area (Å²) in [5, 5.41) is 12.8. The number of phenolic OH excluding ortho intramolecular Hbond substituents is 1. The van der Waals surface area contributed by atoms with Gasteiger partial charge in [-0.3, -0.25) is 9.69 Å². The van der Waals surface area contributed by atoms with E-state index in [0.29, 0.717) is 5.02 Å². The molecule has 2 rings (SSSR count). The highest BCUT2D eigenvalue weighted by atomic mass is 35.5. The van der Waals surface area contributed by atoms with Crippen molar-refractivity contribution in [2.45, 2.75) is 0 Å². The summed E-state index contributed by atoms with van der Waals surface area (Å²) in [5.74, 6) is -0.495. The minimum absolute atomic E-state index is 0.0430. The summed E-state index contributed by atoms with van der Waals surface area (Å²) < 4.78 is 4.98. The number of hydrogen-bond acceptors (Lipinski definition) is 4. The van der Waals surface area contributed by atoms with Crippen LogP contribution in [0.4, 0.5) is 4.79 Å². The van der Waals surface area contributed by atoms with E-state index in [1.165, 1.54) is 31.4 Å². The number of carbonyl (C=O) groups excluding carboxylic acids is 2. The van der Waals surface area contributed by atoms with Crippen LogP contribution in [-0.2, 0) is 4.79 Å². The molecule has 1 fully saturated rings. The minimum Gasteiger partial charge on any atom is -0.504 e. The highest BCUT2D eigenvalue weighted by molar-refractivity contribution is 6.31. The van der Waals surface area contributed by atoms with Crippen LogP contribution in [0.15, 0.2) is 30.5 Å². The van der Waals surface area contributed by atoms with E-state index in [0.717, 1.165) is 4.90 Å². The molecule has 0 unspecified atom stereocenters. The Morgan fingerprint density at radius 1 is 1.48 bits per heavy atom. The van der Waals surface area contributed by atoms with Gasteiger partial charge in [0.15, 0.2) is 11.5 Å². The number of hydrogen-bond donors (Lipinski definition) is 2. The predicted octanol–water partition coefficient (Wildman–Crippen LogP) is 2.13. The fourth-order valence-electron chi connectivity index (χ4n) is 1.88. The largest absolute Gasteiger partial charge is 0.504 e. The van der Waals surface area contributed by atoms with Crippen LogP contribution in [0.2, 0.25) is 5.02 Å². The van der Waals surface area contributed by atoms with Crippen LogP contribution >= 0.6 is 11.6 Å². The number of nitrogens with one attached hydrogen (secondary N) is 1. The lowest BCUT2D eigenvalue weighted by molar-refractivity contribution is -0.122. The van der Waals surface area contributed by atoms with Gasteiger partial charge in [-0.1, -0.05) is 17.7 Å². The van der Waals surface area contributed by atoms with Gasteiger partial charge in [-0.25, -0.2) is 4.79 Å². The number of ether oxygens (including phenoxy) is 1. The molecule has 110 valence electrons. The fraction of sp³-hybridized carbons (Fsp3) is 0.143. The molecule has 0 aliphatic carbocycles. The number of nitrogens with zero attached hydrogens (tertiary/aromatic N) is 1. The average molecular weight is 309 g/mol. The Morgan fingerprint density at radius 2 is 2.19 bits per heavy atom. The SMILES string of the molecule is C=CCN1C(=O)N/C(=C/c2cc(Cl)cc(OC)c2O)C1=O. The average Bonchev–Trinajstić information content (AvgIpc) is 2.70. The zero-order chi connectivity index (χ0) is 15.6. The van der Waals surface area contributed by atoms with Gasteiger partial charge in [0, 0.05) is 23.2 Å². The van der Waals surface area contributed by atoms with Crippen molar-refractivity contribution < 1.29 is 19.4 Å². The number of urea groups is 1. The van der Waals surface area contributed by atoms with Gasteiger partial charge in [-0.2, -0.15) is 0 Å². The first-order valence-corrected chi connectivity index (χ1v) is 6.37. The molecule has 0 radical (unpaired) electrons. The summed E-state index contributed by atoms with van der Waals surface area (Å²) in [7, 11) is 1.39. The normalized spacial score (nSPS) is 16.3. The van der Waals surface area contributed by atoms with E-state index < -0.39 is 11.9 Å². The first-order chi connectivity index (χ1) is 9.97. The van der Waals surface area contributed by atoms with E-state index >= 15 is 0 Å². The molecule has 2 N–H and O–H groups in total. The number of benzene rings is 1. The molecular formula is C14H13ClN2O4. The summed E-state index contributed by atoms with van der Waals surface area (Å²) in [6, 6.07) is 2.36. The van der Waals surface area contributed by atoms with Gasteiger partial charge in [0.05, 0.1) is 7.11 Å². The Kier molecular flexibility index (Phi) is 4.18. The number of imide groups is 1. The van der Waals surface area contributed by atoms with E-state index in [1.54, 1.807) is 0 Å². The Hall–Kier alpha value is -2.47. The molecule has 0 spiro atoms. The summed E-state index contributed by atoms with van der Waals surface area (Å²) in [6.07, 6.45) is 2.79. The van der Waals surface area contributed by atoms with Crippen molar-refractivity contribution in [2.24, 2.45) is 0 Å². The summed E-state index contributed by atoms with van der Waals surface area (Å²) in [6.45, 7) is 3.59. The Morgan fingerprint density at radius 3 is 2.81 bits per heavy atom. The lowest BCUT2D eigenvalue weighted by atomic mass is 10.1. The molecule has 1 aromatic carbocycles. The molecule has 0 bridgehead atoms. The molecule has 1 aliphatic heterocycles. The van der Waals surface area contributed by atoms with Crippen molar-refractivity contribution in [1.29, 1.82) is 0 Å². The number of carbonyl (C=O) groups is 2. The molecule has 21 heavy (non-hydrogen) atoms. The number of halogens is 1. The number of aromatic hydroxyl groups is 1. The quantitative estimate of drug-likeness (QED) is 0.507. The van der Waals surface area contributed by atoms with E-state index in [9.17, 15) is 14.7 Å². The molecule has 0 aromatic heterocycles. The van der Waals surface area contributed by atoms with Crippen molar-refractivity contribution >= 4 is 29.6 Å². The van der Waals surface area contributed by atoms with Crippen LogP contribution in [0.25, 0.3) is 6.08 Å². The maximum Gasteiger partial charge on any atom is 0.329 e. The maximum atomic E-state index is 12.0.